The molecule has 94 valence electrons. The number of nitrogens with zero attached hydrogens (tertiary/aromatic N) is 1. The van der Waals surface area contributed by atoms with Crippen LogP contribution in [0.2, 0.25) is 0 Å². The molecule has 1 saturated heterocycles. The molecule has 0 saturated carbocycles. The first-order valence-electron chi connectivity index (χ1n) is 6.09. The Morgan fingerprint density at radius 3 is 2.81 bits per heavy atom. The van der Waals surface area contributed by atoms with Crippen LogP contribution in [0.5, 0.6) is 0 Å². The molecular weight excluding hydrogens is 204 g/mol. The molecule has 0 spiro atoms. The summed E-state index contributed by atoms with van der Waals surface area (Å²) in [5, 5.41) is 0. The van der Waals surface area contributed by atoms with E-state index in [2.05, 4.69) is 0 Å². The summed E-state index contributed by atoms with van der Waals surface area (Å²) in [5.74, 6) is 0.597. The van der Waals surface area contributed by atoms with E-state index in [9.17, 15) is 4.79 Å². The van der Waals surface area contributed by atoms with E-state index in [0.717, 1.165) is 32.5 Å². The van der Waals surface area contributed by atoms with E-state index in [1.807, 2.05) is 18.7 Å². The number of amides is 1. The van der Waals surface area contributed by atoms with E-state index in [1.54, 1.807) is 7.11 Å². The number of nitrogens with two attached hydrogens (primary N) is 1. The summed E-state index contributed by atoms with van der Waals surface area (Å²) in [6.07, 6.45) is 2.23. The van der Waals surface area contributed by atoms with Crippen LogP contribution < -0.4 is 5.73 Å². The van der Waals surface area contributed by atoms with Crippen LogP contribution in [0.15, 0.2) is 0 Å². The lowest BCUT2D eigenvalue weighted by atomic mass is 9.96. The topological polar surface area (TPSA) is 55.6 Å². The molecule has 2 N–H and O–H groups in total. The van der Waals surface area contributed by atoms with Gasteiger partial charge in [0.05, 0.1) is 12.5 Å². The zero-order valence-corrected chi connectivity index (χ0v) is 10.6. The van der Waals surface area contributed by atoms with Crippen molar-refractivity contribution in [3.05, 3.63) is 0 Å². The maximum absolute atomic E-state index is 12.1. The second kappa shape index (κ2) is 6.21. The van der Waals surface area contributed by atoms with Crippen LogP contribution in [0.1, 0.15) is 26.7 Å². The highest BCUT2D eigenvalue weighted by Gasteiger charge is 2.28. The van der Waals surface area contributed by atoms with Gasteiger partial charge in [-0.2, -0.15) is 0 Å². The molecule has 0 radical (unpaired) electrons. The minimum atomic E-state index is -0.0821. The average Bonchev–Trinajstić information content (AvgIpc) is 2.28. The SMILES string of the molecule is COCC1CCCN(C(=O)C(C)C(C)N)C1. The molecule has 0 aromatic rings. The van der Waals surface area contributed by atoms with Gasteiger partial charge in [-0.3, -0.25) is 4.79 Å². The van der Waals surface area contributed by atoms with Crippen molar-refractivity contribution in [3.8, 4) is 0 Å². The van der Waals surface area contributed by atoms with Crippen molar-refractivity contribution in [2.24, 2.45) is 17.6 Å². The Bertz CT molecular complexity index is 229. The van der Waals surface area contributed by atoms with Gasteiger partial charge in [-0.1, -0.05) is 6.92 Å². The quantitative estimate of drug-likeness (QED) is 0.776. The highest BCUT2D eigenvalue weighted by Crippen LogP contribution is 2.19. The molecule has 0 aliphatic carbocycles. The van der Waals surface area contributed by atoms with E-state index in [1.165, 1.54) is 0 Å². The van der Waals surface area contributed by atoms with Crippen LogP contribution in [0, 0.1) is 11.8 Å². The van der Waals surface area contributed by atoms with E-state index in [4.69, 9.17) is 10.5 Å². The van der Waals surface area contributed by atoms with Crippen LogP contribution in [-0.4, -0.2) is 43.7 Å². The van der Waals surface area contributed by atoms with Crippen molar-refractivity contribution in [1.29, 1.82) is 0 Å². The lowest BCUT2D eigenvalue weighted by Crippen LogP contribution is -2.46. The van der Waals surface area contributed by atoms with Crippen LogP contribution in [0.4, 0.5) is 0 Å². The zero-order valence-electron chi connectivity index (χ0n) is 10.6. The first-order chi connectivity index (χ1) is 7.56. The molecule has 16 heavy (non-hydrogen) atoms. The molecule has 1 fully saturated rings. The van der Waals surface area contributed by atoms with Gasteiger partial charge in [-0.05, 0) is 25.7 Å². The number of ether oxygens (including phenoxy) is 1. The molecule has 3 unspecified atom stereocenters. The second-order valence-corrected chi connectivity index (χ2v) is 4.90. The largest absolute Gasteiger partial charge is 0.384 e. The van der Waals surface area contributed by atoms with Crippen molar-refractivity contribution in [2.45, 2.75) is 32.7 Å². The van der Waals surface area contributed by atoms with E-state index in [0.29, 0.717) is 5.92 Å². The monoisotopic (exact) mass is 228 g/mol. The molecule has 4 nitrogen and oxygen atoms in total. The fourth-order valence-corrected chi connectivity index (χ4v) is 2.15. The third-order valence-corrected chi connectivity index (χ3v) is 3.41. The van der Waals surface area contributed by atoms with Gasteiger partial charge in [0, 0.05) is 26.2 Å². The molecule has 1 aliphatic heterocycles. The van der Waals surface area contributed by atoms with E-state index < -0.39 is 0 Å². The van der Waals surface area contributed by atoms with Gasteiger partial charge in [-0.25, -0.2) is 0 Å². The minimum absolute atomic E-state index is 0.0738. The number of rotatable bonds is 4. The van der Waals surface area contributed by atoms with Crippen molar-refractivity contribution in [1.82, 2.24) is 4.90 Å². The third kappa shape index (κ3) is 3.46. The number of hydrogen-bond acceptors (Lipinski definition) is 3. The predicted octanol–water partition coefficient (Wildman–Crippen LogP) is 0.855. The normalized spacial score (nSPS) is 25.2. The molecule has 1 aliphatic rings. The van der Waals surface area contributed by atoms with Gasteiger partial charge < -0.3 is 15.4 Å². The standard InChI is InChI=1S/C12H24N2O2/c1-9(10(2)13)12(15)14-6-4-5-11(7-14)8-16-3/h9-11H,4-8,13H2,1-3H3. The molecule has 1 heterocycles. The van der Waals surface area contributed by atoms with Crippen LogP contribution >= 0.6 is 0 Å². The first kappa shape index (κ1) is 13.5. The fourth-order valence-electron chi connectivity index (χ4n) is 2.15. The van der Waals surface area contributed by atoms with E-state index >= 15 is 0 Å². The Morgan fingerprint density at radius 1 is 1.56 bits per heavy atom. The third-order valence-electron chi connectivity index (χ3n) is 3.41. The maximum Gasteiger partial charge on any atom is 0.226 e. The Labute approximate surface area is 98.1 Å². The maximum atomic E-state index is 12.1. The highest BCUT2D eigenvalue weighted by molar-refractivity contribution is 5.79. The Balaban J connectivity index is 2.49. The molecule has 3 atom stereocenters. The number of carbonyl (C=O) groups is 1. The van der Waals surface area contributed by atoms with E-state index in [-0.39, 0.29) is 17.9 Å². The van der Waals surface area contributed by atoms with Crippen LogP contribution in [0.25, 0.3) is 0 Å². The van der Waals surface area contributed by atoms with Crippen molar-refractivity contribution < 1.29 is 9.53 Å². The second-order valence-electron chi connectivity index (χ2n) is 4.90. The number of hydrogen-bond donors (Lipinski definition) is 1. The molecule has 4 heteroatoms. The average molecular weight is 228 g/mol. The molecule has 0 aromatic heterocycles. The van der Waals surface area contributed by atoms with Gasteiger partial charge in [0.25, 0.3) is 0 Å². The van der Waals surface area contributed by atoms with Crippen molar-refractivity contribution in [3.63, 3.8) is 0 Å². The van der Waals surface area contributed by atoms with Crippen LogP contribution in [-0.2, 0) is 9.53 Å². The van der Waals surface area contributed by atoms with Gasteiger partial charge in [-0.15, -0.1) is 0 Å². The summed E-state index contributed by atoms with van der Waals surface area (Å²) in [4.78, 5) is 14.0. The summed E-state index contributed by atoms with van der Waals surface area (Å²) < 4.78 is 5.15. The lowest BCUT2D eigenvalue weighted by molar-refractivity contribution is -0.137. The van der Waals surface area contributed by atoms with Crippen molar-refractivity contribution in [2.75, 3.05) is 26.8 Å². The molecule has 0 aromatic carbocycles. The molecule has 1 amide bonds. The van der Waals surface area contributed by atoms with Crippen molar-refractivity contribution >= 4 is 5.91 Å². The first-order valence-corrected chi connectivity index (χ1v) is 6.09. The fraction of sp³-hybridized carbons (Fsp3) is 0.917. The minimum Gasteiger partial charge on any atom is -0.384 e. The number of likely N-dealkylation sites (tertiary alicyclic amines) is 1. The predicted molar refractivity (Wildman–Crippen MR) is 64.0 cm³/mol. The summed E-state index contributed by atoms with van der Waals surface area (Å²) in [7, 11) is 1.71. The van der Waals surface area contributed by atoms with Gasteiger partial charge in [0.2, 0.25) is 5.91 Å². The highest BCUT2D eigenvalue weighted by atomic mass is 16.5. The lowest BCUT2D eigenvalue weighted by Gasteiger charge is -2.34. The summed E-state index contributed by atoms with van der Waals surface area (Å²) >= 11 is 0. The summed E-state index contributed by atoms with van der Waals surface area (Å²) in [6.45, 7) is 6.24. The summed E-state index contributed by atoms with van der Waals surface area (Å²) in [6, 6.07) is -0.0738. The number of piperidine rings is 1. The smallest absolute Gasteiger partial charge is 0.226 e. The van der Waals surface area contributed by atoms with Gasteiger partial charge in [0.15, 0.2) is 0 Å². The van der Waals surface area contributed by atoms with Crippen LogP contribution in [0.3, 0.4) is 0 Å². The van der Waals surface area contributed by atoms with Gasteiger partial charge >= 0.3 is 0 Å². The Morgan fingerprint density at radius 2 is 2.25 bits per heavy atom. The summed E-state index contributed by atoms with van der Waals surface area (Å²) in [5.41, 5.74) is 5.76. The zero-order chi connectivity index (χ0) is 12.1. The molecular formula is C12H24N2O2. The Hall–Kier alpha value is -0.610. The van der Waals surface area contributed by atoms with Gasteiger partial charge in [0.1, 0.15) is 0 Å². The molecule has 1 rings (SSSR count). The molecule has 0 bridgehead atoms. The number of methoxy groups -OCH3 is 1. The Kier molecular flexibility index (Phi) is 5.22. The number of carbonyl (C=O) groups excluding carboxylic acids is 1.